The van der Waals surface area contributed by atoms with Crippen LogP contribution in [0.15, 0.2) is 0 Å². The molecule has 1 aliphatic carbocycles. The topological polar surface area (TPSA) is 20.3 Å². The molecule has 2 heteroatoms. The van der Waals surface area contributed by atoms with Gasteiger partial charge in [0.05, 0.1) is 0 Å². The van der Waals surface area contributed by atoms with Crippen LogP contribution in [0.2, 0.25) is 0 Å². The van der Waals surface area contributed by atoms with E-state index in [1.807, 2.05) is 0 Å². The van der Waals surface area contributed by atoms with Crippen molar-refractivity contribution in [3.05, 3.63) is 0 Å². The molecule has 0 atom stereocenters. The van der Waals surface area contributed by atoms with E-state index in [1.54, 1.807) is 0 Å². The number of carbonyl (C=O) groups excluding carboxylic acids is 1. The van der Waals surface area contributed by atoms with E-state index in [2.05, 4.69) is 32.7 Å². The predicted molar refractivity (Wildman–Crippen MR) is 73.1 cm³/mol. The molecule has 0 radical (unpaired) electrons. The Balaban J connectivity index is 2.59. The lowest BCUT2D eigenvalue weighted by molar-refractivity contribution is -0.119. The lowest BCUT2D eigenvalue weighted by Gasteiger charge is -2.40. The van der Waals surface area contributed by atoms with Crippen LogP contribution in [0.1, 0.15) is 59.3 Å². The Bertz CT molecular complexity index is 227. The molecule has 1 saturated carbocycles. The SMILES string of the molecule is CCC(CC)N(C)CC1(C=O)CCC(C)CC1. The average molecular weight is 239 g/mol. The van der Waals surface area contributed by atoms with E-state index in [4.69, 9.17) is 0 Å². The fourth-order valence-electron chi connectivity index (χ4n) is 3.19. The smallest absolute Gasteiger partial charge is 0.127 e. The second-order valence-electron chi connectivity index (χ2n) is 6.05. The summed E-state index contributed by atoms with van der Waals surface area (Å²) >= 11 is 0. The van der Waals surface area contributed by atoms with Gasteiger partial charge < -0.3 is 9.69 Å². The first kappa shape index (κ1) is 14.7. The summed E-state index contributed by atoms with van der Waals surface area (Å²) in [5.74, 6) is 0.807. The molecular weight excluding hydrogens is 210 g/mol. The van der Waals surface area contributed by atoms with Gasteiger partial charge in [-0.3, -0.25) is 0 Å². The van der Waals surface area contributed by atoms with Gasteiger partial charge in [0.25, 0.3) is 0 Å². The first-order chi connectivity index (χ1) is 8.06. The Labute approximate surface area is 107 Å². The van der Waals surface area contributed by atoms with Gasteiger partial charge in [0.2, 0.25) is 0 Å². The van der Waals surface area contributed by atoms with Crippen LogP contribution in [-0.2, 0) is 4.79 Å². The quantitative estimate of drug-likeness (QED) is 0.661. The van der Waals surface area contributed by atoms with E-state index >= 15 is 0 Å². The third-order valence-corrected chi connectivity index (χ3v) is 4.65. The Morgan fingerprint density at radius 3 is 2.24 bits per heavy atom. The van der Waals surface area contributed by atoms with Crippen molar-refractivity contribution in [1.29, 1.82) is 0 Å². The van der Waals surface area contributed by atoms with Gasteiger partial charge in [-0.1, -0.05) is 20.8 Å². The summed E-state index contributed by atoms with van der Waals surface area (Å²) in [7, 11) is 2.18. The molecule has 2 nitrogen and oxygen atoms in total. The second kappa shape index (κ2) is 6.53. The van der Waals surface area contributed by atoms with Crippen molar-refractivity contribution in [3.8, 4) is 0 Å². The van der Waals surface area contributed by atoms with Crippen molar-refractivity contribution in [2.75, 3.05) is 13.6 Å². The maximum absolute atomic E-state index is 11.5. The van der Waals surface area contributed by atoms with E-state index in [1.165, 1.54) is 32.0 Å². The molecule has 0 saturated heterocycles. The predicted octanol–water partition coefficient (Wildman–Crippen LogP) is 3.50. The number of rotatable bonds is 6. The molecule has 0 bridgehead atoms. The van der Waals surface area contributed by atoms with Gasteiger partial charge in [0.1, 0.15) is 6.29 Å². The molecule has 1 rings (SSSR count). The minimum atomic E-state index is -0.0517. The zero-order valence-electron chi connectivity index (χ0n) is 12.0. The molecule has 1 aliphatic rings. The zero-order chi connectivity index (χ0) is 12.9. The molecule has 100 valence electrons. The normalized spacial score (nSPS) is 29.9. The molecule has 0 aromatic rings. The van der Waals surface area contributed by atoms with Crippen LogP contribution in [0.5, 0.6) is 0 Å². The second-order valence-corrected chi connectivity index (χ2v) is 6.05. The van der Waals surface area contributed by atoms with Crippen LogP contribution in [0, 0.1) is 11.3 Å². The number of carbonyl (C=O) groups is 1. The molecule has 0 aromatic heterocycles. The van der Waals surface area contributed by atoms with Crippen molar-refractivity contribution in [2.45, 2.75) is 65.3 Å². The van der Waals surface area contributed by atoms with Crippen molar-refractivity contribution in [2.24, 2.45) is 11.3 Å². The molecule has 0 aromatic carbocycles. The van der Waals surface area contributed by atoms with Crippen LogP contribution in [0.25, 0.3) is 0 Å². The van der Waals surface area contributed by atoms with Crippen LogP contribution in [-0.4, -0.2) is 30.8 Å². The highest BCUT2D eigenvalue weighted by molar-refractivity contribution is 5.60. The van der Waals surface area contributed by atoms with E-state index in [-0.39, 0.29) is 5.41 Å². The highest BCUT2D eigenvalue weighted by Crippen LogP contribution is 2.38. The monoisotopic (exact) mass is 239 g/mol. The van der Waals surface area contributed by atoms with Gasteiger partial charge in [0, 0.05) is 18.0 Å². The summed E-state index contributed by atoms with van der Waals surface area (Å²) in [4.78, 5) is 13.9. The van der Waals surface area contributed by atoms with Crippen LogP contribution >= 0.6 is 0 Å². The number of nitrogens with zero attached hydrogens (tertiary/aromatic N) is 1. The summed E-state index contributed by atoms with van der Waals surface area (Å²) in [5, 5.41) is 0. The Morgan fingerprint density at radius 2 is 1.82 bits per heavy atom. The largest absolute Gasteiger partial charge is 0.303 e. The summed E-state index contributed by atoms with van der Waals surface area (Å²) in [5.41, 5.74) is -0.0517. The summed E-state index contributed by atoms with van der Waals surface area (Å²) in [6.45, 7) is 7.73. The lowest BCUT2D eigenvalue weighted by Crippen LogP contribution is -2.43. The van der Waals surface area contributed by atoms with Gasteiger partial charge in [-0.15, -0.1) is 0 Å². The van der Waals surface area contributed by atoms with Gasteiger partial charge in [0.15, 0.2) is 0 Å². The average Bonchev–Trinajstić information content (AvgIpc) is 2.34. The molecule has 0 heterocycles. The number of hydrogen-bond donors (Lipinski definition) is 0. The highest BCUT2D eigenvalue weighted by atomic mass is 16.1. The van der Waals surface area contributed by atoms with Crippen LogP contribution in [0.4, 0.5) is 0 Å². The first-order valence-electron chi connectivity index (χ1n) is 7.23. The fraction of sp³-hybridized carbons (Fsp3) is 0.933. The van der Waals surface area contributed by atoms with Crippen molar-refractivity contribution < 1.29 is 4.79 Å². The van der Waals surface area contributed by atoms with E-state index in [9.17, 15) is 4.79 Å². The van der Waals surface area contributed by atoms with Crippen LogP contribution < -0.4 is 0 Å². The summed E-state index contributed by atoms with van der Waals surface area (Å²) in [6, 6.07) is 0.631. The molecule has 0 unspecified atom stereocenters. The standard InChI is InChI=1S/C15H29NO/c1-5-14(6-2)16(4)11-15(12-17)9-7-13(3)8-10-15/h12-14H,5-11H2,1-4H3. The third-order valence-electron chi connectivity index (χ3n) is 4.65. The minimum Gasteiger partial charge on any atom is -0.303 e. The summed E-state index contributed by atoms with van der Waals surface area (Å²) < 4.78 is 0. The number of aldehydes is 1. The van der Waals surface area contributed by atoms with Crippen LogP contribution in [0.3, 0.4) is 0 Å². The molecule has 0 spiro atoms. The molecule has 1 fully saturated rings. The minimum absolute atomic E-state index is 0.0517. The molecule has 17 heavy (non-hydrogen) atoms. The fourth-order valence-corrected chi connectivity index (χ4v) is 3.19. The molecule has 0 aliphatic heterocycles. The third kappa shape index (κ3) is 3.80. The van der Waals surface area contributed by atoms with Gasteiger partial charge >= 0.3 is 0 Å². The Kier molecular flexibility index (Phi) is 5.64. The van der Waals surface area contributed by atoms with E-state index < -0.39 is 0 Å². The molecule has 0 amide bonds. The van der Waals surface area contributed by atoms with Crippen molar-refractivity contribution in [1.82, 2.24) is 4.90 Å². The number of hydrogen-bond acceptors (Lipinski definition) is 2. The first-order valence-corrected chi connectivity index (χ1v) is 7.23. The van der Waals surface area contributed by atoms with Gasteiger partial charge in [-0.2, -0.15) is 0 Å². The lowest BCUT2D eigenvalue weighted by atomic mass is 9.71. The van der Waals surface area contributed by atoms with E-state index in [0.29, 0.717) is 6.04 Å². The molecule has 0 N–H and O–H groups in total. The highest BCUT2D eigenvalue weighted by Gasteiger charge is 2.35. The maximum atomic E-state index is 11.5. The Morgan fingerprint density at radius 1 is 1.29 bits per heavy atom. The van der Waals surface area contributed by atoms with E-state index in [0.717, 1.165) is 25.3 Å². The van der Waals surface area contributed by atoms with Crippen molar-refractivity contribution in [3.63, 3.8) is 0 Å². The molecular formula is C15H29NO. The maximum Gasteiger partial charge on any atom is 0.127 e. The van der Waals surface area contributed by atoms with Crippen molar-refractivity contribution >= 4 is 6.29 Å². The Hall–Kier alpha value is -0.370. The van der Waals surface area contributed by atoms with Gasteiger partial charge in [-0.05, 0) is 51.5 Å². The summed E-state index contributed by atoms with van der Waals surface area (Å²) in [6.07, 6.45) is 8.21. The van der Waals surface area contributed by atoms with Gasteiger partial charge in [-0.25, -0.2) is 0 Å². The zero-order valence-corrected chi connectivity index (χ0v) is 12.0.